The third-order valence-corrected chi connectivity index (χ3v) is 3.24. The summed E-state index contributed by atoms with van der Waals surface area (Å²) in [5.74, 6) is -0.307. The average Bonchev–Trinajstić information content (AvgIpc) is 2.28. The fraction of sp³-hybridized carbons (Fsp3) is 0.133. The van der Waals surface area contributed by atoms with Gasteiger partial charge in [0.05, 0.1) is 0 Å². The number of halogens is 2. The Morgan fingerprint density at radius 2 is 2.00 bits per heavy atom. The standard InChI is InChI=1S/C15H12BrFO/c1-10-7-12(16)5-6-14(10)15(18)9-11-3-2-4-13(17)8-11/h2-8H,9H2,1H3. The molecule has 2 rings (SSSR count). The maximum absolute atomic E-state index is 13.0. The highest BCUT2D eigenvalue weighted by atomic mass is 79.9. The Kier molecular flexibility index (Phi) is 3.92. The van der Waals surface area contributed by atoms with Gasteiger partial charge in [-0.3, -0.25) is 4.79 Å². The lowest BCUT2D eigenvalue weighted by Gasteiger charge is -2.06. The lowest BCUT2D eigenvalue weighted by Crippen LogP contribution is -2.05. The molecule has 0 aliphatic heterocycles. The number of aryl methyl sites for hydroxylation is 1. The molecule has 0 aromatic heterocycles. The molecule has 0 spiro atoms. The van der Waals surface area contributed by atoms with E-state index < -0.39 is 0 Å². The zero-order valence-corrected chi connectivity index (χ0v) is 11.5. The molecule has 0 amide bonds. The van der Waals surface area contributed by atoms with Crippen LogP contribution in [-0.4, -0.2) is 5.78 Å². The van der Waals surface area contributed by atoms with Gasteiger partial charge in [0, 0.05) is 16.5 Å². The molecule has 0 fully saturated rings. The molecular formula is C15H12BrFO. The minimum absolute atomic E-state index is 0.00519. The summed E-state index contributed by atoms with van der Waals surface area (Å²) in [6, 6.07) is 11.7. The van der Waals surface area contributed by atoms with Crippen LogP contribution < -0.4 is 0 Å². The van der Waals surface area contributed by atoms with Gasteiger partial charge in [-0.25, -0.2) is 4.39 Å². The molecule has 0 heterocycles. The Hall–Kier alpha value is -1.48. The molecule has 18 heavy (non-hydrogen) atoms. The predicted molar refractivity (Wildman–Crippen MR) is 73.3 cm³/mol. The molecule has 0 aliphatic rings. The molecule has 0 saturated heterocycles. The number of benzene rings is 2. The fourth-order valence-corrected chi connectivity index (χ4v) is 2.34. The minimum Gasteiger partial charge on any atom is -0.294 e. The highest BCUT2D eigenvalue weighted by Gasteiger charge is 2.10. The maximum Gasteiger partial charge on any atom is 0.167 e. The topological polar surface area (TPSA) is 17.1 Å². The lowest BCUT2D eigenvalue weighted by molar-refractivity contribution is 0.0992. The molecule has 0 aliphatic carbocycles. The monoisotopic (exact) mass is 306 g/mol. The van der Waals surface area contributed by atoms with Crippen molar-refractivity contribution in [2.24, 2.45) is 0 Å². The molecule has 0 N–H and O–H groups in total. The van der Waals surface area contributed by atoms with Crippen LogP contribution in [0.3, 0.4) is 0 Å². The molecule has 0 bridgehead atoms. The van der Waals surface area contributed by atoms with Gasteiger partial charge in [-0.1, -0.05) is 34.1 Å². The van der Waals surface area contributed by atoms with Crippen molar-refractivity contribution in [3.63, 3.8) is 0 Å². The van der Waals surface area contributed by atoms with Crippen LogP contribution >= 0.6 is 15.9 Å². The molecule has 1 nitrogen and oxygen atoms in total. The summed E-state index contributed by atoms with van der Waals surface area (Å²) < 4.78 is 14.0. The van der Waals surface area contributed by atoms with Gasteiger partial charge in [0.25, 0.3) is 0 Å². The van der Waals surface area contributed by atoms with Crippen LogP contribution in [-0.2, 0) is 6.42 Å². The number of rotatable bonds is 3. The molecule has 0 saturated carbocycles. The number of carbonyl (C=O) groups excluding carboxylic acids is 1. The van der Waals surface area contributed by atoms with Crippen LogP contribution in [0.4, 0.5) is 4.39 Å². The zero-order valence-electron chi connectivity index (χ0n) is 9.91. The van der Waals surface area contributed by atoms with E-state index >= 15 is 0 Å². The van der Waals surface area contributed by atoms with Gasteiger partial charge in [0.2, 0.25) is 0 Å². The van der Waals surface area contributed by atoms with Crippen molar-refractivity contribution in [1.82, 2.24) is 0 Å². The number of Topliss-reactive ketones (excluding diaryl/α,β-unsaturated/α-hetero) is 1. The summed E-state index contributed by atoms with van der Waals surface area (Å²) in [6.07, 6.45) is 0.222. The molecule has 0 atom stereocenters. The van der Waals surface area contributed by atoms with Crippen LogP contribution in [0.1, 0.15) is 21.5 Å². The number of ketones is 1. The zero-order chi connectivity index (χ0) is 13.1. The van der Waals surface area contributed by atoms with Crippen molar-refractivity contribution in [3.8, 4) is 0 Å². The van der Waals surface area contributed by atoms with Crippen molar-refractivity contribution in [2.75, 3.05) is 0 Å². The van der Waals surface area contributed by atoms with Crippen molar-refractivity contribution >= 4 is 21.7 Å². The maximum atomic E-state index is 13.0. The smallest absolute Gasteiger partial charge is 0.167 e. The summed E-state index contributed by atoms with van der Waals surface area (Å²) >= 11 is 3.36. The van der Waals surface area contributed by atoms with Gasteiger partial charge in [-0.15, -0.1) is 0 Å². The van der Waals surface area contributed by atoms with Crippen LogP contribution in [0.25, 0.3) is 0 Å². The highest BCUT2D eigenvalue weighted by Crippen LogP contribution is 2.18. The van der Waals surface area contributed by atoms with E-state index in [0.717, 1.165) is 10.0 Å². The largest absolute Gasteiger partial charge is 0.294 e. The predicted octanol–water partition coefficient (Wildman–Crippen LogP) is 4.32. The van der Waals surface area contributed by atoms with E-state index in [1.165, 1.54) is 12.1 Å². The van der Waals surface area contributed by atoms with Crippen molar-refractivity contribution in [2.45, 2.75) is 13.3 Å². The summed E-state index contributed by atoms with van der Waals surface area (Å²) in [7, 11) is 0. The molecular weight excluding hydrogens is 295 g/mol. The summed E-state index contributed by atoms with van der Waals surface area (Å²) in [6.45, 7) is 1.89. The molecule has 0 unspecified atom stereocenters. The second-order valence-electron chi connectivity index (χ2n) is 4.19. The first-order valence-electron chi connectivity index (χ1n) is 5.60. The Morgan fingerprint density at radius 1 is 1.22 bits per heavy atom. The van der Waals surface area contributed by atoms with Crippen molar-refractivity contribution < 1.29 is 9.18 Å². The fourth-order valence-electron chi connectivity index (χ4n) is 1.87. The van der Waals surface area contributed by atoms with Gasteiger partial charge in [0.1, 0.15) is 5.82 Å². The van der Waals surface area contributed by atoms with E-state index in [4.69, 9.17) is 0 Å². The lowest BCUT2D eigenvalue weighted by atomic mass is 9.99. The first kappa shape index (κ1) is 13.0. The molecule has 92 valence electrons. The number of carbonyl (C=O) groups is 1. The normalized spacial score (nSPS) is 10.4. The minimum atomic E-state index is -0.312. The summed E-state index contributed by atoms with van der Waals surface area (Å²) in [4.78, 5) is 12.1. The van der Waals surface area contributed by atoms with Crippen LogP contribution in [0.5, 0.6) is 0 Å². The number of hydrogen-bond donors (Lipinski definition) is 0. The second-order valence-corrected chi connectivity index (χ2v) is 5.10. The van der Waals surface area contributed by atoms with Crippen molar-refractivity contribution in [3.05, 3.63) is 69.4 Å². The van der Waals surface area contributed by atoms with Crippen LogP contribution in [0.15, 0.2) is 46.9 Å². The summed E-state index contributed by atoms with van der Waals surface area (Å²) in [5.41, 5.74) is 2.30. The highest BCUT2D eigenvalue weighted by molar-refractivity contribution is 9.10. The van der Waals surface area contributed by atoms with Gasteiger partial charge in [-0.05, 0) is 42.3 Å². The molecule has 2 aromatic carbocycles. The molecule has 0 radical (unpaired) electrons. The van der Waals surface area contributed by atoms with E-state index in [1.54, 1.807) is 18.2 Å². The van der Waals surface area contributed by atoms with Gasteiger partial charge in [0.15, 0.2) is 5.78 Å². The van der Waals surface area contributed by atoms with E-state index in [9.17, 15) is 9.18 Å². The SMILES string of the molecule is Cc1cc(Br)ccc1C(=O)Cc1cccc(F)c1. The molecule has 3 heteroatoms. The Balaban J connectivity index is 2.22. The molecule has 2 aromatic rings. The second kappa shape index (κ2) is 5.44. The van der Waals surface area contributed by atoms with Gasteiger partial charge in [-0.2, -0.15) is 0 Å². The van der Waals surface area contributed by atoms with Crippen molar-refractivity contribution in [1.29, 1.82) is 0 Å². The summed E-state index contributed by atoms with van der Waals surface area (Å²) in [5, 5.41) is 0. The van der Waals surface area contributed by atoms with Gasteiger partial charge < -0.3 is 0 Å². The third kappa shape index (κ3) is 3.05. The Bertz CT molecular complexity index is 593. The van der Waals surface area contributed by atoms with E-state index in [-0.39, 0.29) is 18.0 Å². The van der Waals surface area contributed by atoms with Crippen LogP contribution in [0, 0.1) is 12.7 Å². The quantitative estimate of drug-likeness (QED) is 0.772. The van der Waals surface area contributed by atoms with E-state index in [0.29, 0.717) is 11.1 Å². The Morgan fingerprint density at radius 3 is 2.67 bits per heavy atom. The third-order valence-electron chi connectivity index (χ3n) is 2.74. The van der Waals surface area contributed by atoms with E-state index in [1.807, 2.05) is 19.1 Å². The van der Waals surface area contributed by atoms with Crippen LogP contribution in [0.2, 0.25) is 0 Å². The first-order valence-corrected chi connectivity index (χ1v) is 6.39. The first-order chi connectivity index (χ1) is 8.56. The number of hydrogen-bond acceptors (Lipinski definition) is 1. The van der Waals surface area contributed by atoms with E-state index in [2.05, 4.69) is 15.9 Å². The van der Waals surface area contributed by atoms with Gasteiger partial charge >= 0.3 is 0 Å². The average molecular weight is 307 g/mol. The Labute approximate surface area is 114 Å².